The molecule has 2 aliphatic heterocycles. The lowest BCUT2D eigenvalue weighted by Crippen LogP contribution is -2.56. The second-order valence-corrected chi connectivity index (χ2v) is 11.0. The molecule has 14 heteroatoms. The molecule has 0 spiro atoms. The van der Waals surface area contributed by atoms with Gasteiger partial charge in [0.05, 0.1) is 16.1 Å². The number of benzene rings is 1. The molecule has 2 amide bonds. The number of hydrogen-bond donors (Lipinski definition) is 1. The molecule has 2 aliphatic rings. The Bertz CT molecular complexity index is 1330. The Balaban J connectivity index is 1.44. The van der Waals surface area contributed by atoms with Gasteiger partial charge in [0, 0.05) is 38.0 Å². The summed E-state index contributed by atoms with van der Waals surface area (Å²) in [6.45, 7) is 0.291. The van der Waals surface area contributed by atoms with Crippen LogP contribution < -0.4 is 10.2 Å². The Labute approximate surface area is 209 Å². The summed E-state index contributed by atoms with van der Waals surface area (Å²) in [7, 11) is -3.61. The van der Waals surface area contributed by atoms with Gasteiger partial charge >= 0.3 is 6.18 Å². The Morgan fingerprint density at radius 1 is 1.05 bits per heavy atom. The molecule has 1 aromatic heterocycles. The van der Waals surface area contributed by atoms with E-state index in [4.69, 9.17) is 0 Å². The third kappa shape index (κ3) is 5.68. The fourth-order valence-corrected chi connectivity index (χ4v) is 5.15. The maximum absolute atomic E-state index is 14.5. The largest absolute Gasteiger partial charge is 0.417 e. The van der Waals surface area contributed by atoms with Crippen LogP contribution in [0.25, 0.3) is 0 Å². The average Bonchev–Trinajstić information content (AvgIpc) is 2.80. The monoisotopic (exact) mass is 546 g/mol. The Kier molecular flexibility index (Phi) is 7.14. The highest BCUT2D eigenvalue weighted by Gasteiger charge is 2.39. The van der Waals surface area contributed by atoms with Crippen molar-refractivity contribution >= 4 is 33.2 Å². The van der Waals surface area contributed by atoms with Crippen LogP contribution in [0, 0.1) is 11.6 Å². The van der Waals surface area contributed by atoms with E-state index in [2.05, 4.69) is 10.3 Å². The highest BCUT2D eigenvalue weighted by Crippen LogP contribution is 2.33. The molecule has 200 valence electrons. The van der Waals surface area contributed by atoms with Crippen molar-refractivity contribution in [3.05, 3.63) is 47.7 Å². The summed E-state index contributed by atoms with van der Waals surface area (Å²) < 4.78 is 90.5. The van der Waals surface area contributed by atoms with Gasteiger partial charge in [-0.15, -0.1) is 0 Å². The summed E-state index contributed by atoms with van der Waals surface area (Å²) in [6.07, 6.45) is -2.37. The smallest absolute Gasteiger partial charge is 0.371 e. The molecule has 0 bridgehead atoms. The summed E-state index contributed by atoms with van der Waals surface area (Å²) in [4.78, 5) is 31.7. The number of nitrogens with one attached hydrogen (secondary N) is 1. The van der Waals surface area contributed by atoms with Crippen LogP contribution in [0.2, 0.25) is 0 Å². The molecule has 2 atom stereocenters. The quantitative estimate of drug-likeness (QED) is 0.578. The lowest BCUT2D eigenvalue weighted by atomic mass is 9.96. The number of rotatable bonds is 5. The van der Waals surface area contributed by atoms with Crippen molar-refractivity contribution in [2.24, 2.45) is 0 Å². The molecular formula is C23H23F5N4O4S. The normalized spacial score (nSPS) is 21.4. The zero-order chi connectivity index (χ0) is 27.1. The van der Waals surface area contributed by atoms with Gasteiger partial charge in [-0.3, -0.25) is 14.5 Å². The number of amides is 2. The van der Waals surface area contributed by atoms with Crippen LogP contribution in [-0.2, 0) is 25.6 Å². The van der Waals surface area contributed by atoms with Gasteiger partial charge < -0.3 is 10.2 Å². The summed E-state index contributed by atoms with van der Waals surface area (Å²) in [5, 5.41) is 2.81. The second-order valence-electron chi connectivity index (χ2n) is 9.00. The van der Waals surface area contributed by atoms with Crippen LogP contribution in [0.15, 0.2) is 35.4 Å². The van der Waals surface area contributed by atoms with Crippen molar-refractivity contribution in [2.75, 3.05) is 29.6 Å². The van der Waals surface area contributed by atoms with Gasteiger partial charge in [-0.05, 0) is 43.5 Å². The number of carbonyl (C=O) groups is 2. The molecule has 4 rings (SSSR count). The van der Waals surface area contributed by atoms with Gasteiger partial charge in [0.25, 0.3) is 0 Å². The molecule has 3 heterocycles. The number of alkyl halides is 3. The third-order valence-corrected chi connectivity index (χ3v) is 7.52. The predicted octanol–water partition coefficient (Wildman–Crippen LogP) is 3.38. The Morgan fingerprint density at radius 2 is 1.78 bits per heavy atom. The van der Waals surface area contributed by atoms with Crippen molar-refractivity contribution < 1.29 is 40.0 Å². The number of halogens is 5. The van der Waals surface area contributed by atoms with Gasteiger partial charge in [0.1, 0.15) is 11.9 Å². The molecule has 8 nitrogen and oxygen atoms in total. The number of nitrogens with zero attached hydrogens (tertiary/aromatic N) is 3. The number of carbonyl (C=O) groups excluding carboxylic acids is 2. The van der Waals surface area contributed by atoms with Crippen molar-refractivity contribution in [1.82, 2.24) is 9.88 Å². The van der Waals surface area contributed by atoms with Crippen LogP contribution in [0.1, 0.15) is 31.2 Å². The minimum Gasteiger partial charge on any atom is -0.371 e. The maximum atomic E-state index is 14.5. The van der Waals surface area contributed by atoms with E-state index in [0.29, 0.717) is 25.6 Å². The predicted molar refractivity (Wildman–Crippen MR) is 122 cm³/mol. The van der Waals surface area contributed by atoms with E-state index < -0.39 is 57.0 Å². The molecule has 1 aromatic carbocycles. The lowest BCUT2D eigenvalue weighted by molar-refractivity contribution is -0.139. The first kappa shape index (κ1) is 26.8. The van der Waals surface area contributed by atoms with Crippen molar-refractivity contribution in [2.45, 2.75) is 48.8 Å². The van der Waals surface area contributed by atoms with E-state index in [-0.39, 0.29) is 41.9 Å². The number of piperidine rings is 2. The van der Waals surface area contributed by atoms with Crippen LogP contribution in [0.4, 0.5) is 33.5 Å². The second kappa shape index (κ2) is 9.88. The van der Waals surface area contributed by atoms with E-state index in [1.165, 1.54) is 17.0 Å². The zero-order valence-electron chi connectivity index (χ0n) is 19.6. The summed E-state index contributed by atoms with van der Waals surface area (Å²) >= 11 is 0. The average molecular weight is 547 g/mol. The van der Waals surface area contributed by atoms with Crippen LogP contribution in [0.3, 0.4) is 0 Å². The molecule has 2 saturated heterocycles. The van der Waals surface area contributed by atoms with Crippen LogP contribution in [0.5, 0.6) is 0 Å². The first-order valence-corrected chi connectivity index (χ1v) is 13.2. The van der Waals surface area contributed by atoms with E-state index in [0.717, 1.165) is 17.2 Å². The Morgan fingerprint density at radius 3 is 2.38 bits per heavy atom. The standard InChI is InChI=1S/C23H23F5N4O4S/c1-37(35,36)15-4-5-18(16(24)11-15)30-19-3-2-7-31(22(19)34)14-6-8-32(20(33)10-14)21-17(25)9-13(12-29-21)23(26,27)28/h4-5,9,11-12,14,19,30H,2-3,6-8,10H2,1H3. The highest BCUT2D eigenvalue weighted by molar-refractivity contribution is 7.90. The van der Waals surface area contributed by atoms with Crippen molar-refractivity contribution in [1.29, 1.82) is 0 Å². The molecule has 0 aliphatic carbocycles. The number of likely N-dealkylation sites (tertiary alicyclic amines) is 1. The van der Waals surface area contributed by atoms with Gasteiger partial charge in [-0.2, -0.15) is 13.2 Å². The van der Waals surface area contributed by atoms with E-state index in [1.54, 1.807) is 0 Å². The number of pyridine rings is 1. The van der Waals surface area contributed by atoms with Gasteiger partial charge in [0.2, 0.25) is 11.8 Å². The summed E-state index contributed by atoms with van der Waals surface area (Å²) in [5.74, 6) is -3.57. The minimum absolute atomic E-state index is 0.0395. The van der Waals surface area contributed by atoms with Crippen LogP contribution in [-0.4, -0.2) is 61.5 Å². The summed E-state index contributed by atoms with van der Waals surface area (Å²) in [6, 6.07) is 2.28. The number of hydrogen-bond acceptors (Lipinski definition) is 6. The van der Waals surface area contributed by atoms with Crippen LogP contribution >= 0.6 is 0 Å². The molecule has 2 aromatic rings. The maximum Gasteiger partial charge on any atom is 0.417 e. The third-order valence-electron chi connectivity index (χ3n) is 6.41. The fraction of sp³-hybridized carbons (Fsp3) is 0.435. The molecular weight excluding hydrogens is 523 g/mol. The van der Waals surface area contributed by atoms with Crippen molar-refractivity contribution in [3.8, 4) is 0 Å². The lowest BCUT2D eigenvalue weighted by Gasteiger charge is -2.41. The van der Waals surface area contributed by atoms with Gasteiger partial charge in [-0.1, -0.05) is 0 Å². The molecule has 37 heavy (non-hydrogen) atoms. The fourth-order valence-electron chi connectivity index (χ4n) is 4.52. The van der Waals surface area contributed by atoms with Gasteiger partial charge in [0.15, 0.2) is 21.5 Å². The SMILES string of the molecule is CS(=O)(=O)c1ccc(NC2CCCN(C3CCN(c4ncc(C(F)(F)F)cc4F)C(=O)C3)C2=O)c(F)c1. The Hall–Kier alpha value is -3.29. The first-order chi connectivity index (χ1) is 17.3. The topological polar surface area (TPSA) is 99.7 Å². The molecule has 1 N–H and O–H groups in total. The molecule has 0 radical (unpaired) electrons. The molecule has 0 saturated carbocycles. The summed E-state index contributed by atoms with van der Waals surface area (Å²) in [5.41, 5.74) is -1.31. The number of anilines is 2. The molecule has 2 unspecified atom stereocenters. The van der Waals surface area contributed by atoms with E-state index in [9.17, 15) is 40.0 Å². The van der Waals surface area contributed by atoms with E-state index >= 15 is 0 Å². The number of aromatic nitrogens is 1. The zero-order valence-corrected chi connectivity index (χ0v) is 20.4. The van der Waals surface area contributed by atoms with Gasteiger partial charge in [-0.25, -0.2) is 22.2 Å². The minimum atomic E-state index is -4.78. The highest BCUT2D eigenvalue weighted by atomic mass is 32.2. The van der Waals surface area contributed by atoms with E-state index in [1.807, 2.05) is 0 Å². The molecule has 2 fully saturated rings. The first-order valence-electron chi connectivity index (χ1n) is 11.4. The number of sulfone groups is 1. The van der Waals surface area contributed by atoms with Crippen molar-refractivity contribution in [3.63, 3.8) is 0 Å².